The average molecular weight is 450 g/mol. The van der Waals surface area contributed by atoms with E-state index in [1.807, 2.05) is 30.5 Å². The molecule has 0 radical (unpaired) electrons. The maximum atomic E-state index is 14.0. The van der Waals surface area contributed by atoms with E-state index in [0.717, 1.165) is 16.5 Å². The first-order valence-corrected chi connectivity index (χ1v) is 10.5. The van der Waals surface area contributed by atoms with Crippen molar-refractivity contribution in [3.63, 3.8) is 0 Å². The minimum absolute atomic E-state index is 0.0118. The van der Waals surface area contributed by atoms with Gasteiger partial charge in [0, 0.05) is 35.6 Å². The van der Waals surface area contributed by atoms with Gasteiger partial charge in [-0.1, -0.05) is 60.1 Å². The van der Waals surface area contributed by atoms with Crippen molar-refractivity contribution in [3.8, 4) is 0 Å². The molecule has 4 rings (SSSR count). The molecule has 0 spiro atoms. The molecule has 0 saturated heterocycles. The van der Waals surface area contributed by atoms with Crippen LogP contribution < -0.4 is 10.6 Å². The number of hydrogen-bond acceptors (Lipinski definition) is 2. The van der Waals surface area contributed by atoms with Crippen LogP contribution >= 0.6 is 11.6 Å². The van der Waals surface area contributed by atoms with E-state index in [1.165, 1.54) is 6.07 Å². The Morgan fingerprint density at radius 3 is 2.47 bits per heavy atom. The second-order valence-corrected chi connectivity index (χ2v) is 7.79. The second-order valence-electron chi connectivity index (χ2n) is 7.38. The molecule has 5 nitrogen and oxygen atoms in total. The van der Waals surface area contributed by atoms with Crippen LogP contribution in [0.3, 0.4) is 0 Å². The van der Waals surface area contributed by atoms with Crippen molar-refractivity contribution in [2.45, 2.75) is 19.0 Å². The molecule has 0 aliphatic heterocycles. The van der Waals surface area contributed by atoms with Crippen LogP contribution in [-0.2, 0) is 17.8 Å². The topological polar surface area (TPSA) is 74.0 Å². The van der Waals surface area contributed by atoms with Crippen LogP contribution in [0.5, 0.6) is 0 Å². The van der Waals surface area contributed by atoms with Crippen molar-refractivity contribution in [1.82, 2.24) is 15.6 Å². The minimum atomic E-state index is -0.884. The maximum Gasteiger partial charge on any atom is 0.253 e. The van der Waals surface area contributed by atoms with Crippen LogP contribution in [0.4, 0.5) is 4.39 Å². The van der Waals surface area contributed by atoms with Gasteiger partial charge in [0.05, 0.1) is 10.6 Å². The number of aromatic amines is 1. The van der Waals surface area contributed by atoms with Gasteiger partial charge in [0.1, 0.15) is 11.9 Å². The molecule has 0 unspecified atom stereocenters. The molecular weight excluding hydrogens is 429 g/mol. The maximum absolute atomic E-state index is 14.0. The van der Waals surface area contributed by atoms with Crippen LogP contribution in [0.2, 0.25) is 5.02 Å². The Kier molecular flexibility index (Phi) is 6.52. The number of aromatic nitrogens is 1. The number of rotatable bonds is 7. The number of halogens is 2. The van der Waals surface area contributed by atoms with Crippen molar-refractivity contribution < 1.29 is 14.0 Å². The van der Waals surface area contributed by atoms with Crippen LogP contribution in [0.15, 0.2) is 79.0 Å². The number of carbonyl (C=O) groups is 2. The van der Waals surface area contributed by atoms with Crippen LogP contribution in [-0.4, -0.2) is 22.8 Å². The summed E-state index contributed by atoms with van der Waals surface area (Å²) in [6.07, 6.45) is 2.08. The third-order valence-corrected chi connectivity index (χ3v) is 5.58. The van der Waals surface area contributed by atoms with Gasteiger partial charge in [-0.15, -0.1) is 0 Å². The van der Waals surface area contributed by atoms with Gasteiger partial charge in [-0.25, -0.2) is 4.39 Å². The second kappa shape index (κ2) is 9.66. The summed E-state index contributed by atoms with van der Waals surface area (Å²) in [5, 5.41) is 6.78. The van der Waals surface area contributed by atoms with Gasteiger partial charge in [0.2, 0.25) is 5.91 Å². The monoisotopic (exact) mass is 449 g/mol. The molecule has 7 heteroatoms. The Bertz CT molecular complexity index is 1270. The Balaban J connectivity index is 1.56. The summed E-state index contributed by atoms with van der Waals surface area (Å²) >= 11 is 6.15. The standard InChI is InChI=1S/C25H21ClFN3O2/c26-20-10-4-2-9-19(20)24(31)30-23(13-17-15-28-22-12-6-3-8-18(17)22)25(32)29-14-16-7-1-5-11-21(16)27/h1-12,15,23,28H,13-14H2,(H,29,32)(H,30,31)/t23-/m0/s1. The summed E-state index contributed by atoms with van der Waals surface area (Å²) in [7, 11) is 0. The van der Waals surface area contributed by atoms with Gasteiger partial charge in [-0.3, -0.25) is 9.59 Å². The molecule has 4 aromatic rings. The first kappa shape index (κ1) is 21.6. The van der Waals surface area contributed by atoms with E-state index in [9.17, 15) is 14.0 Å². The zero-order valence-corrected chi connectivity index (χ0v) is 17.8. The molecule has 0 aliphatic carbocycles. The third-order valence-electron chi connectivity index (χ3n) is 5.25. The zero-order chi connectivity index (χ0) is 22.5. The fourth-order valence-electron chi connectivity index (χ4n) is 3.56. The number of nitrogens with one attached hydrogen (secondary N) is 3. The van der Waals surface area contributed by atoms with Crippen LogP contribution in [0.25, 0.3) is 10.9 Å². The molecule has 3 aromatic carbocycles. The van der Waals surface area contributed by atoms with Crippen LogP contribution in [0.1, 0.15) is 21.5 Å². The Labute approximate surface area is 189 Å². The summed E-state index contributed by atoms with van der Waals surface area (Å²) in [5.74, 6) is -1.28. The van der Waals surface area contributed by atoms with Crippen molar-refractivity contribution in [1.29, 1.82) is 0 Å². The van der Waals surface area contributed by atoms with E-state index in [1.54, 1.807) is 42.5 Å². The average Bonchev–Trinajstić information content (AvgIpc) is 3.21. The lowest BCUT2D eigenvalue weighted by molar-refractivity contribution is -0.123. The summed E-state index contributed by atoms with van der Waals surface area (Å²) in [4.78, 5) is 29.1. The lowest BCUT2D eigenvalue weighted by Crippen LogP contribution is -2.48. The van der Waals surface area contributed by atoms with Crippen molar-refractivity contribution in [3.05, 3.63) is 107 Å². The lowest BCUT2D eigenvalue weighted by Gasteiger charge is -2.19. The fourth-order valence-corrected chi connectivity index (χ4v) is 3.78. The molecule has 0 aliphatic rings. The fraction of sp³-hybridized carbons (Fsp3) is 0.120. The molecule has 2 amide bonds. The molecule has 162 valence electrons. The number of carbonyl (C=O) groups excluding carboxylic acids is 2. The quantitative estimate of drug-likeness (QED) is 0.385. The first-order chi connectivity index (χ1) is 15.5. The highest BCUT2D eigenvalue weighted by molar-refractivity contribution is 6.33. The number of fused-ring (bicyclic) bond motifs is 1. The van der Waals surface area contributed by atoms with E-state index in [0.29, 0.717) is 10.6 Å². The Morgan fingerprint density at radius 2 is 1.66 bits per heavy atom. The molecular formula is C25H21ClFN3O2. The van der Waals surface area contributed by atoms with Gasteiger partial charge in [0.15, 0.2) is 0 Å². The summed E-state index contributed by atoms with van der Waals surface area (Å²) in [6, 6.07) is 19.7. The van der Waals surface area contributed by atoms with Gasteiger partial charge in [-0.05, 0) is 29.8 Å². The highest BCUT2D eigenvalue weighted by Crippen LogP contribution is 2.20. The number of H-pyrrole nitrogens is 1. The molecule has 1 atom stereocenters. The van der Waals surface area contributed by atoms with Gasteiger partial charge >= 0.3 is 0 Å². The number of para-hydroxylation sites is 1. The highest BCUT2D eigenvalue weighted by atomic mass is 35.5. The van der Waals surface area contributed by atoms with E-state index >= 15 is 0 Å². The molecule has 32 heavy (non-hydrogen) atoms. The van der Waals surface area contributed by atoms with E-state index in [-0.39, 0.29) is 18.5 Å². The van der Waals surface area contributed by atoms with Crippen molar-refractivity contribution >= 4 is 34.3 Å². The molecule has 3 N–H and O–H groups in total. The predicted octanol–water partition coefficient (Wildman–Crippen LogP) is 4.62. The number of hydrogen-bond donors (Lipinski definition) is 3. The summed E-state index contributed by atoms with van der Waals surface area (Å²) in [6.45, 7) is 0.0118. The number of benzene rings is 3. The predicted molar refractivity (Wildman–Crippen MR) is 123 cm³/mol. The highest BCUT2D eigenvalue weighted by Gasteiger charge is 2.24. The van der Waals surface area contributed by atoms with E-state index in [2.05, 4.69) is 15.6 Å². The lowest BCUT2D eigenvalue weighted by atomic mass is 10.0. The van der Waals surface area contributed by atoms with Gasteiger partial charge in [0.25, 0.3) is 5.91 Å². The zero-order valence-electron chi connectivity index (χ0n) is 17.1. The molecule has 1 heterocycles. The normalized spacial score (nSPS) is 11.8. The van der Waals surface area contributed by atoms with Crippen molar-refractivity contribution in [2.24, 2.45) is 0 Å². The number of amides is 2. The smallest absolute Gasteiger partial charge is 0.253 e. The summed E-state index contributed by atoms with van der Waals surface area (Å²) in [5.41, 5.74) is 2.46. The SMILES string of the molecule is O=C(N[C@@H](Cc1c[nH]c2ccccc12)C(=O)NCc1ccccc1F)c1ccccc1Cl. The van der Waals surface area contributed by atoms with E-state index < -0.39 is 23.7 Å². The minimum Gasteiger partial charge on any atom is -0.361 e. The molecule has 0 bridgehead atoms. The first-order valence-electron chi connectivity index (χ1n) is 10.1. The molecule has 1 aromatic heterocycles. The molecule has 0 saturated carbocycles. The Morgan fingerprint density at radius 1 is 0.938 bits per heavy atom. The van der Waals surface area contributed by atoms with Gasteiger partial charge < -0.3 is 15.6 Å². The largest absolute Gasteiger partial charge is 0.361 e. The van der Waals surface area contributed by atoms with Crippen molar-refractivity contribution in [2.75, 3.05) is 0 Å². The third kappa shape index (κ3) is 4.81. The molecule has 0 fully saturated rings. The van der Waals surface area contributed by atoms with Gasteiger partial charge in [-0.2, -0.15) is 0 Å². The summed E-state index contributed by atoms with van der Waals surface area (Å²) < 4.78 is 14.0. The van der Waals surface area contributed by atoms with Crippen LogP contribution in [0, 0.1) is 5.82 Å². The Hall–Kier alpha value is -3.64. The van der Waals surface area contributed by atoms with E-state index in [4.69, 9.17) is 11.6 Å².